The Morgan fingerprint density at radius 2 is 2.19 bits per heavy atom. The number of nitrogens with zero attached hydrogens (tertiary/aromatic N) is 1. The van der Waals surface area contributed by atoms with Crippen LogP contribution in [0.15, 0.2) is 18.2 Å². The van der Waals surface area contributed by atoms with E-state index in [9.17, 15) is 0 Å². The van der Waals surface area contributed by atoms with Gasteiger partial charge in [0.05, 0.1) is 12.7 Å². The number of hydrogen-bond donors (Lipinski definition) is 1. The maximum absolute atomic E-state index is 5.82. The normalized spacial score (nSPS) is 23.2. The van der Waals surface area contributed by atoms with Crippen molar-refractivity contribution in [2.24, 2.45) is 0 Å². The van der Waals surface area contributed by atoms with Gasteiger partial charge < -0.3 is 19.5 Å². The van der Waals surface area contributed by atoms with E-state index in [4.69, 9.17) is 14.2 Å². The zero-order valence-electron chi connectivity index (χ0n) is 12.8. The zero-order valence-corrected chi connectivity index (χ0v) is 12.8. The molecule has 0 saturated carbocycles. The predicted octanol–water partition coefficient (Wildman–Crippen LogP) is 1.79. The summed E-state index contributed by atoms with van der Waals surface area (Å²) in [6.45, 7) is 9.54. The third-order valence-electron chi connectivity index (χ3n) is 4.22. The summed E-state index contributed by atoms with van der Waals surface area (Å²) in [6.07, 6.45) is 0.273. The summed E-state index contributed by atoms with van der Waals surface area (Å²) in [5.41, 5.74) is 1.21. The van der Waals surface area contributed by atoms with Crippen LogP contribution in [0.1, 0.15) is 25.5 Å². The van der Waals surface area contributed by atoms with Gasteiger partial charge >= 0.3 is 0 Å². The van der Waals surface area contributed by atoms with Crippen LogP contribution in [0, 0.1) is 0 Å². The van der Waals surface area contributed by atoms with Crippen molar-refractivity contribution in [2.45, 2.75) is 26.0 Å². The molecule has 2 aliphatic heterocycles. The lowest BCUT2D eigenvalue weighted by molar-refractivity contribution is -0.0262. The summed E-state index contributed by atoms with van der Waals surface area (Å²) in [7, 11) is 0. The minimum Gasteiger partial charge on any atom is -0.454 e. The fourth-order valence-corrected chi connectivity index (χ4v) is 2.80. The Balaban J connectivity index is 1.53. The number of ether oxygens (including phenoxy) is 3. The van der Waals surface area contributed by atoms with Gasteiger partial charge in [0.1, 0.15) is 0 Å². The first kappa shape index (κ1) is 14.6. The van der Waals surface area contributed by atoms with Gasteiger partial charge in [0, 0.05) is 25.7 Å². The second kappa shape index (κ2) is 6.64. The van der Waals surface area contributed by atoms with Crippen molar-refractivity contribution in [3.63, 3.8) is 0 Å². The molecule has 2 aliphatic rings. The molecule has 0 aliphatic carbocycles. The van der Waals surface area contributed by atoms with Crippen molar-refractivity contribution in [2.75, 3.05) is 39.6 Å². The quantitative estimate of drug-likeness (QED) is 0.896. The molecule has 1 saturated heterocycles. The van der Waals surface area contributed by atoms with Gasteiger partial charge in [-0.3, -0.25) is 4.90 Å². The first-order valence-corrected chi connectivity index (χ1v) is 7.73. The highest BCUT2D eigenvalue weighted by Gasteiger charge is 2.20. The lowest BCUT2D eigenvalue weighted by Crippen LogP contribution is -2.46. The fourth-order valence-electron chi connectivity index (χ4n) is 2.80. The van der Waals surface area contributed by atoms with E-state index in [1.54, 1.807) is 0 Å². The number of fused-ring (bicyclic) bond motifs is 1. The molecule has 116 valence electrons. The molecule has 0 bridgehead atoms. The topological polar surface area (TPSA) is 43.0 Å². The highest BCUT2D eigenvalue weighted by atomic mass is 16.7. The molecule has 1 fully saturated rings. The van der Waals surface area contributed by atoms with Gasteiger partial charge in [0.15, 0.2) is 11.5 Å². The Bertz CT molecular complexity index is 481. The van der Waals surface area contributed by atoms with Crippen LogP contribution in [0.2, 0.25) is 0 Å². The van der Waals surface area contributed by atoms with Crippen LogP contribution in [-0.4, -0.2) is 50.6 Å². The molecule has 1 aromatic carbocycles. The molecule has 0 aromatic heterocycles. The average molecular weight is 292 g/mol. The summed E-state index contributed by atoms with van der Waals surface area (Å²) < 4.78 is 16.6. The maximum Gasteiger partial charge on any atom is 0.231 e. The van der Waals surface area contributed by atoms with Gasteiger partial charge in [0.2, 0.25) is 6.79 Å². The van der Waals surface area contributed by atoms with Crippen LogP contribution >= 0.6 is 0 Å². The largest absolute Gasteiger partial charge is 0.454 e. The van der Waals surface area contributed by atoms with Crippen molar-refractivity contribution < 1.29 is 14.2 Å². The van der Waals surface area contributed by atoms with E-state index in [-0.39, 0.29) is 12.1 Å². The summed E-state index contributed by atoms with van der Waals surface area (Å²) in [5, 5.41) is 3.56. The summed E-state index contributed by atoms with van der Waals surface area (Å²) >= 11 is 0. The molecule has 2 atom stereocenters. The van der Waals surface area contributed by atoms with E-state index in [2.05, 4.69) is 36.2 Å². The second-order valence-corrected chi connectivity index (χ2v) is 5.63. The predicted molar refractivity (Wildman–Crippen MR) is 80.8 cm³/mol. The van der Waals surface area contributed by atoms with Gasteiger partial charge in [-0.1, -0.05) is 13.0 Å². The van der Waals surface area contributed by atoms with Gasteiger partial charge in [-0.05, 0) is 31.2 Å². The van der Waals surface area contributed by atoms with E-state index in [1.807, 2.05) is 6.07 Å². The number of likely N-dealkylation sites (N-methyl/N-ethyl adjacent to an activating group) is 1. The zero-order chi connectivity index (χ0) is 14.7. The fraction of sp³-hybridized carbons (Fsp3) is 0.625. The molecule has 1 N–H and O–H groups in total. The Hall–Kier alpha value is -1.30. The Kier molecular flexibility index (Phi) is 4.63. The molecule has 21 heavy (non-hydrogen) atoms. The SMILES string of the molecule is CCN1CCOC(CNC(C)c2ccc3c(c2)OCO3)C1. The van der Waals surface area contributed by atoms with Crippen LogP contribution in [0.4, 0.5) is 0 Å². The Morgan fingerprint density at radius 1 is 1.33 bits per heavy atom. The highest BCUT2D eigenvalue weighted by Crippen LogP contribution is 2.34. The molecule has 1 aromatic rings. The van der Waals surface area contributed by atoms with Crippen LogP contribution < -0.4 is 14.8 Å². The third-order valence-corrected chi connectivity index (χ3v) is 4.22. The molecule has 0 amide bonds. The van der Waals surface area contributed by atoms with Crippen molar-refractivity contribution in [1.82, 2.24) is 10.2 Å². The summed E-state index contributed by atoms with van der Waals surface area (Å²) in [5.74, 6) is 1.67. The first-order valence-electron chi connectivity index (χ1n) is 7.73. The number of rotatable bonds is 5. The van der Waals surface area contributed by atoms with E-state index < -0.39 is 0 Å². The van der Waals surface area contributed by atoms with Crippen molar-refractivity contribution in [1.29, 1.82) is 0 Å². The maximum atomic E-state index is 5.82. The van der Waals surface area contributed by atoms with Crippen molar-refractivity contribution in [3.8, 4) is 11.5 Å². The van der Waals surface area contributed by atoms with Crippen LogP contribution in [0.25, 0.3) is 0 Å². The molecule has 5 heteroatoms. The smallest absolute Gasteiger partial charge is 0.231 e. The monoisotopic (exact) mass is 292 g/mol. The molecule has 3 rings (SSSR count). The van der Waals surface area contributed by atoms with E-state index in [1.165, 1.54) is 5.56 Å². The molecule has 5 nitrogen and oxygen atoms in total. The van der Waals surface area contributed by atoms with Gasteiger partial charge in [0.25, 0.3) is 0 Å². The standard InChI is InChI=1S/C16H24N2O3/c1-3-18-6-7-19-14(10-18)9-17-12(2)13-4-5-15-16(8-13)21-11-20-15/h4-5,8,12,14,17H,3,6-7,9-11H2,1-2H3. The number of benzene rings is 1. The van der Waals surface area contributed by atoms with Crippen molar-refractivity contribution >= 4 is 0 Å². The Labute approximate surface area is 126 Å². The number of hydrogen-bond acceptors (Lipinski definition) is 5. The third kappa shape index (κ3) is 3.48. The lowest BCUT2D eigenvalue weighted by atomic mass is 10.1. The highest BCUT2D eigenvalue weighted by molar-refractivity contribution is 5.45. The van der Waals surface area contributed by atoms with Gasteiger partial charge in [-0.25, -0.2) is 0 Å². The van der Waals surface area contributed by atoms with E-state index in [0.29, 0.717) is 6.79 Å². The van der Waals surface area contributed by atoms with Crippen molar-refractivity contribution in [3.05, 3.63) is 23.8 Å². The van der Waals surface area contributed by atoms with Gasteiger partial charge in [-0.2, -0.15) is 0 Å². The van der Waals surface area contributed by atoms with Crippen LogP contribution in [0.3, 0.4) is 0 Å². The lowest BCUT2D eigenvalue weighted by Gasteiger charge is -2.32. The molecule has 2 unspecified atom stereocenters. The second-order valence-electron chi connectivity index (χ2n) is 5.63. The molecular formula is C16H24N2O3. The first-order chi connectivity index (χ1) is 10.3. The summed E-state index contributed by atoms with van der Waals surface area (Å²) in [6, 6.07) is 6.39. The van der Waals surface area contributed by atoms with E-state index >= 15 is 0 Å². The van der Waals surface area contributed by atoms with E-state index in [0.717, 1.165) is 44.3 Å². The average Bonchev–Trinajstić information content (AvgIpc) is 3.00. The molecule has 0 radical (unpaired) electrons. The molecule has 2 heterocycles. The minimum absolute atomic E-state index is 0.264. The van der Waals surface area contributed by atoms with Gasteiger partial charge in [-0.15, -0.1) is 0 Å². The Morgan fingerprint density at radius 3 is 3.05 bits per heavy atom. The minimum atomic E-state index is 0.264. The number of nitrogens with one attached hydrogen (secondary N) is 1. The van der Waals surface area contributed by atoms with Crippen LogP contribution in [-0.2, 0) is 4.74 Å². The molecular weight excluding hydrogens is 268 g/mol. The number of morpholine rings is 1. The van der Waals surface area contributed by atoms with Crippen LogP contribution in [0.5, 0.6) is 11.5 Å². The summed E-state index contributed by atoms with van der Waals surface area (Å²) in [4.78, 5) is 2.43. The molecule has 0 spiro atoms.